The van der Waals surface area contributed by atoms with Crippen molar-refractivity contribution in [2.24, 2.45) is 5.16 Å². The van der Waals surface area contributed by atoms with Gasteiger partial charge >= 0.3 is 0 Å². The molecule has 0 aliphatic carbocycles. The largest absolute Gasteiger partial charge is 0.411 e. The zero-order chi connectivity index (χ0) is 17.8. The smallest absolute Gasteiger partial charge is 0.0660 e. The molecule has 0 spiro atoms. The number of piperidine rings is 1. The first-order valence-electron chi connectivity index (χ1n) is 8.11. The number of benzene rings is 2. The Bertz CT molecular complexity index is 707. The van der Waals surface area contributed by atoms with Crippen molar-refractivity contribution in [1.82, 2.24) is 5.06 Å². The Balaban J connectivity index is 1.96. The number of rotatable bonds is 4. The summed E-state index contributed by atoms with van der Waals surface area (Å²) in [5.41, 5.74) is 2.77. The SMILES string of the molecule is CSc1cccc([C@H]2CC(=NO)C[C@@H](c3cccc(SC)c3)N2O)c1. The lowest BCUT2D eigenvalue weighted by Crippen LogP contribution is -2.37. The number of thioether (sulfide) groups is 2. The van der Waals surface area contributed by atoms with Crippen molar-refractivity contribution < 1.29 is 10.4 Å². The molecule has 0 amide bonds. The molecule has 1 fully saturated rings. The van der Waals surface area contributed by atoms with Crippen LogP contribution in [0.25, 0.3) is 0 Å². The van der Waals surface area contributed by atoms with Crippen molar-refractivity contribution >= 4 is 29.2 Å². The Morgan fingerprint density at radius 1 is 0.920 bits per heavy atom. The monoisotopic (exact) mass is 374 g/mol. The average molecular weight is 375 g/mol. The molecule has 1 aliphatic rings. The summed E-state index contributed by atoms with van der Waals surface area (Å²) in [5, 5.41) is 25.3. The molecule has 2 aromatic rings. The van der Waals surface area contributed by atoms with Gasteiger partial charge in [0.05, 0.1) is 17.8 Å². The highest BCUT2D eigenvalue weighted by atomic mass is 32.2. The molecule has 3 rings (SSSR count). The Morgan fingerprint density at radius 3 is 1.80 bits per heavy atom. The van der Waals surface area contributed by atoms with Crippen molar-refractivity contribution in [3.05, 3.63) is 59.7 Å². The van der Waals surface area contributed by atoms with Gasteiger partial charge in [0.1, 0.15) is 0 Å². The first-order chi connectivity index (χ1) is 12.2. The molecule has 4 nitrogen and oxygen atoms in total. The van der Waals surface area contributed by atoms with E-state index < -0.39 is 0 Å². The second-order valence-electron chi connectivity index (χ2n) is 6.04. The predicted octanol–water partition coefficient (Wildman–Crippen LogP) is 5.23. The summed E-state index contributed by atoms with van der Waals surface area (Å²) in [4.78, 5) is 2.31. The molecule has 0 radical (unpaired) electrons. The third-order valence-electron chi connectivity index (χ3n) is 4.60. The van der Waals surface area contributed by atoms with Gasteiger partial charge in [0.15, 0.2) is 0 Å². The van der Waals surface area contributed by atoms with Gasteiger partial charge in [-0.05, 0) is 47.9 Å². The first kappa shape index (κ1) is 18.3. The minimum atomic E-state index is -0.227. The molecule has 6 heteroatoms. The van der Waals surface area contributed by atoms with Crippen LogP contribution in [0.15, 0.2) is 63.5 Å². The fourth-order valence-corrected chi connectivity index (χ4v) is 4.19. The lowest BCUT2D eigenvalue weighted by atomic mass is 9.88. The number of oxime groups is 1. The van der Waals surface area contributed by atoms with Crippen LogP contribution in [-0.2, 0) is 0 Å². The molecule has 132 valence electrons. The molecular formula is C19H22N2O2S2. The third kappa shape index (κ3) is 4.03. The Kier molecular flexibility index (Phi) is 6.06. The summed E-state index contributed by atoms with van der Waals surface area (Å²) in [6.45, 7) is 0. The fraction of sp³-hybridized carbons (Fsp3) is 0.316. The average Bonchev–Trinajstić information content (AvgIpc) is 2.68. The summed E-state index contributed by atoms with van der Waals surface area (Å²) in [6, 6.07) is 15.9. The van der Waals surface area contributed by atoms with Gasteiger partial charge in [-0.3, -0.25) is 0 Å². The van der Waals surface area contributed by atoms with Crippen LogP contribution in [0, 0.1) is 0 Å². The van der Waals surface area contributed by atoms with E-state index in [9.17, 15) is 10.4 Å². The number of nitrogens with zero attached hydrogens (tertiary/aromatic N) is 2. The number of hydrogen-bond acceptors (Lipinski definition) is 6. The van der Waals surface area contributed by atoms with Crippen LogP contribution in [0.5, 0.6) is 0 Å². The van der Waals surface area contributed by atoms with Gasteiger partial charge in [-0.25, -0.2) is 0 Å². The maximum atomic E-state index is 11.0. The van der Waals surface area contributed by atoms with Crippen LogP contribution in [-0.4, -0.2) is 33.7 Å². The minimum absolute atomic E-state index is 0.227. The van der Waals surface area contributed by atoms with Gasteiger partial charge in [-0.1, -0.05) is 29.4 Å². The van der Waals surface area contributed by atoms with Gasteiger partial charge < -0.3 is 10.4 Å². The molecule has 0 unspecified atom stereocenters. The van der Waals surface area contributed by atoms with Crippen LogP contribution in [0.2, 0.25) is 0 Å². The van der Waals surface area contributed by atoms with E-state index in [1.807, 2.05) is 36.8 Å². The standard InChI is InChI=1S/C19H22N2O2S2/c1-24-16-7-3-5-13(9-16)18-11-15(20-22)12-19(21(18)23)14-6-4-8-17(10-14)25-2/h3-10,18-19,22-23H,11-12H2,1-2H3/t18-,19+. The highest BCUT2D eigenvalue weighted by Gasteiger charge is 2.35. The van der Waals surface area contributed by atoms with Gasteiger partial charge in [0.2, 0.25) is 0 Å². The Hall–Kier alpha value is -1.47. The number of hydroxylamine groups is 2. The van der Waals surface area contributed by atoms with Crippen LogP contribution < -0.4 is 0 Å². The normalized spacial score (nSPS) is 23.1. The molecule has 1 aliphatic heterocycles. The van der Waals surface area contributed by atoms with Crippen molar-refractivity contribution in [3.63, 3.8) is 0 Å². The molecule has 25 heavy (non-hydrogen) atoms. The van der Waals surface area contributed by atoms with E-state index >= 15 is 0 Å². The van der Waals surface area contributed by atoms with E-state index in [0.29, 0.717) is 18.6 Å². The van der Waals surface area contributed by atoms with E-state index in [0.717, 1.165) is 20.9 Å². The van der Waals surface area contributed by atoms with E-state index in [1.54, 1.807) is 23.5 Å². The lowest BCUT2D eigenvalue weighted by Gasteiger charge is -2.38. The van der Waals surface area contributed by atoms with Crippen LogP contribution >= 0.6 is 23.5 Å². The van der Waals surface area contributed by atoms with Crippen molar-refractivity contribution in [2.45, 2.75) is 34.7 Å². The van der Waals surface area contributed by atoms with Crippen LogP contribution in [0.1, 0.15) is 36.1 Å². The van der Waals surface area contributed by atoms with Crippen molar-refractivity contribution in [1.29, 1.82) is 0 Å². The minimum Gasteiger partial charge on any atom is -0.411 e. The van der Waals surface area contributed by atoms with Crippen molar-refractivity contribution in [2.75, 3.05) is 12.5 Å². The summed E-state index contributed by atoms with van der Waals surface area (Å²) in [5.74, 6) is 0. The molecule has 1 heterocycles. The van der Waals surface area contributed by atoms with E-state index in [2.05, 4.69) is 29.4 Å². The molecule has 2 aromatic carbocycles. The summed E-state index contributed by atoms with van der Waals surface area (Å²) in [6.07, 6.45) is 5.11. The molecule has 2 atom stereocenters. The predicted molar refractivity (Wildman–Crippen MR) is 104 cm³/mol. The summed E-state index contributed by atoms with van der Waals surface area (Å²) >= 11 is 3.35. The quantitative estimate of drug-likeness (QED) is 0.436. The van der Waals surface area contributed by atoms with Gasteiger partial charge in [-0.2, -0.15) is 5.06 Å². The highest BCUT2D eigenvalue weighted by molar-refractivity contribution is 7.98. The second kappa shape index (κ2) is 8.27. The maximum Gasteiger partial charge on any atom is 0.0660 e. The third-order valence-corrected chi connectivity index (χ3v) is 6.05. The molecule has 0 aromatic heterocycles. The molecule has 2 N–H and O–H groups in total. The molecule has 0 saturated carbocycles. The fourth-order valence-electron chi connectivity index (χ4n) is 3.25. The van der Waals surface area contributed by atoms with Crippen molar-refractivity contribution in [3.8, 4) is 0 Å². The first-order valence-corrected chi connectivity index (χ1v) is 10.6. The maximum absolute atomic E-state index is 11.0. The zero-order valence-corrected chi connectivity index (χ0v) is 15.9. The summed E-state index contributed by atoms with van der Waals surface area (Å²) < 4.78 is 0. The van der Waals surface area contributed by atoms with Gasteiger partial charge in [0, 0.05) is 22.6 Å². The zero-order valence-electron chi connectivity index (χ0n) is 14.3. The topological polar surface area (TPSA) is 56.1 Å². The van der Waals surface area contributed by atoms with Gasteiger partial charge in [-0.15, -0.1) is 23.5 Å². The molecular weight excluding hydrogens is 352 g/mol. The molecule has 0 bridgehead atoms. The molecule has 1 saturated heterocycles. The van der Waals surface area contributed by atoms with E-state index in [4.69, 9.17) is 0 Å². The lowest BCUT2D eigenvalue weighted by molar-refractivity contribution is -0.167. The van der Waals surface area contributed by atoms with Gasteiger partial charge in [0.25, 0.3) is 0 Å². The van der Waals surface area contributed by atoms with E-state index in [-0.39, 0.29) is 12.1 Å². The van der Waals surface area contributed by atoms with Crippen LogP contribution in [0.3, 0.4) is 0 Å². The second-order valence-corrected chi connectivity index (χ2v) is 7.80. The summed E-state index contributed by atoms with van der Waals surface area (Å²) in [7, 11) is 0. The van der Waals surface area contributed by atoms with Crippen LogP contribution in [0.4, 0.5) is 0 Å². The number of hydrogen-bond donors (Lipinski definition) is 2. The van der Waals surface area contributed by atoms with E-state index in [1.165, 1.54) is 5.06 Å². The highest BCUT2D eigenvalue weighted by Crippen LogP contribution is 2.40. The Morgan fingerprint density at radius 2 is 1.40 bits per heavy atom. The Labute approximate surface area is 156 Å².